The highest BCUT2D eigenvalue weighted by Crippen LogP contribution is 2.37. The van der Waals surface area contributed by atoms with E-state index >= 15 is 0 Å². The maximum Gasteiger partial charge on any atom is 0.323 e. The highest BCUT2D eigenvalue weighted by atomic mass is 32.2. The summed E-state index contributed by atoms with van der Waals surface area (Å²) in [6.07, 6.45) is 5.44. The fourth-order valence-corrected chi connectivity index (χ4v) is 5.02. The molecule has 0 aromatic heterocycles. The molecule has 7 nitrogen and oxygen atoms in total. The highest BCUT2D eigenvalue weighted by Gasteiger charge is 2.38. The normalized spacial score (nSPS) is 22.5. The van der Waals surface area contributed by atoms with Crippen LogP contribution in [0.3, 0.4) is 0 Å². The van der Waals surface area contributed by atoms with Crippen LogP contribution in [0.5, 0.6) is 0 Å². The second-order valence-electron chi connectivity index (χ2n) is 8.47. The molecule has 1 aromatic carbocycles. The zero-order chi connectivity index (χ0) is 22.4. The molecule has 0 bridgehead atoms. The van der Waals surface area contributed by atoms with E-state index in [9.17, 15) is 24.3 Å². The Morgan fingerprint density at radius 3 is 2.48 bits per heavy atom. The Labute approximate surface area is 186 Å². The number of rotatable bonds is 9. The largest absolute Gasteiger partial charge is 0.480 e. The van der Waals surface area contributed by atoms with E-state index in [4.69, 9.17) is 0 Å². The summed E-state index contributed by atoms with van der Waals surface area (Å²) in [7, 11) is 0. The molecule has 3 atom stereocenters. The molecule has 2 N–H and O–H groups in total. The standard InChI is InChI=1S/C23H30N2O5S/c1-15(26)31-20(13-16-6-3-2-4-7-16)22(29)24-19-9-5-8-18(12-17-10-11-17)25(23(19)30)14-21(27)28/h2-4,6-7,17-20H,5,8-14H2,1H3,(H,24,29)(H,27,28). The smallest absolute Gasteiger partial charge is 0.323 e. The number of thioether (sulfide) groups is 1. The Morgan fingerprint density at radius 1 is 1.16 bits per heavy atom. The monoisotopic (exact) mass is 446 g/mol. The quantitative estimate of drug-likeness (QED) is 0.604. The molecule has 8 heteroatoms. The number of carboxylic acids is 1. The second kappa shape index (κ2) is 10.8. The van der Waals surface area contributed by atoms with Gasteiger partial charge in [-0.1, -0.05) is 54.9 Å². The first-order valence-electron chi connectivity index (χ1n) is 10.9. The Hall–Kier alpha value is -2.35. The van der Waals surface area contributed by atoms with Gasteiger partial charge in [-0.3, -0.25) is 19.2 Å². The molecule has 1 aliphatic carbocycles. The fraction of sp³-hybridized carbons (Fsp3) is 0.565. The van der Waals surface area contributed by atoms with Gasteiger partial charge in [0.05, 0.1) is 5.25 Å². The van der Waals surface area contributed by atoms with Crippen molar-refractivity contribution in [3.63, 3.8) is 0 Å². The minimum atomic E-state index is -1.05. The molecule has 1 aliphatic heterocycles. The Morgan fingerprint density at radius 2 is 1.87 bits per heavy atom. The number of hydrogen-bond acceptors (Lipinski definition) is 5. The lowest BCUT2D eigenvalue weighted by Gasteiger charge is -2.31. The molecule has 0 spiro atoms. The molecule has 1 heterocycles. The Kier molecular flexibility index (Phi) is 8.12. The third-order valence-corrected chi connectivity index (χ3v) is 6.84. The van der Waals surface area contributed by atoms with Crippen LogP contribution < -0.4 is 5.32 Å². The maximum absolute atomic E-state index is 13.2. The molecule has 3 unspecified atom stereocenters. The van der Waals surface area contributed by atoms with Gasteiger partial charge >= 0.3 is 5.97 Å². The molecule has 1 aromatic rings. The Balaban J connectivity index is 1.71. The van der Waals surface area contributed by atoms with Gasteiger partial charge in [0.1, 0.15) is 12.6 Å². The van der Waals surface area contributed by atoms with E-state index in [0.29, 0.717) is 18.8 Å². The molecule has 0 radical (unpaired) electrons. The van der Waals surface area contributed by atoms with E-state index in [2.05, 4.69) is 5.32 Å². The van der Waals surface area contributed by atoms with Crippen molar-refractivity contribution in [3.8, 4) is 0 Å². The first-order valence-corrected chi connectivity index (χ1v) is 11.7. The van der Waals surface area contributed by atoms with Crippen LogP contribution in [0.2, 0.25) is 0 Å². The summed E-state index contributed by atoms with van der Waals surface area (Å²) in [5.74, 6) is -1.17. The summed E-state index contributed by atoms with van der Waals surface area (Å²) in [6, 6.07) is 8.58. The van der Waals surface area contributed by atoms with E-state index in [0.717, 1.165) is 49.4 Å². The van der Waals surface area contributed by atoms with Crippen molar-refractivity contribution < 1.29 is 24.3 Å². The van der Waals surface area contributed by atoms with Crippen molar-refractivity contribution in [2.45, 2.75) is 69.2 Å². The average molecular weight is 447 g/mol. The molecule has 168 valence electrons. The van der Waals surface area contributed by atoms with E-state index < -0.39 is 17.3 Å². The first kappa shape index (κ1) is 23.3. The zero-order valence-electron chi connectivity index (χ0n) is 17.8. The number of aliphatic carboxylic acids is 1. The van der Waals surface area contributed by atoms with Crippen LogP contribution in [0.1, 0.15) is 51.0 Å². The van der Waals surface area contributed by atoms with Gasteiger partial charge < -0.3 is 15.3 Å². The molecule has 2 fully saturated rings. The van der Waals surface area contributed by atoms with Crippen LogP contribution in [0.4, 0.5) is 0 Å². The van der Waals surface area contributed by atoms with Crippen LogP contribution in [0, 0.1) is 5.92 Å². The molecule has 1 saturated carbocycles. The van der Waals surface area contributed by atoms with Crippen molar-refractivity contribution in [1.82, 2.24) is 10.2 Å². The molecule has 1 saturated heterocycles. The number of amides is 2. The van der Waals surface area contributed by atoms with Crippen molar-refractivity contribution >= 4 is 34.7 Å². The van der Waals surface area contributed by atoms with E-state index in [-0.39, 0.29) is 29.5 Å². The number of nitrogens with zero attached hydrogens (tertiary/aromatic N) is 1. The van der Waals surface area contributed by atoms with Gasteiger partial charge in [-0.15, -0.1) is 0 Å². The van der Waals surface area contributed by atoms with Crippen LogP contribution in [-0.2, 0) is 25.6 Å². The van der Waals surface area contributed by atoms with Crippen LogP contribution in [0.25, 0.3) is 0 Å². The summed E-state index contributed by atoms with van der Waals surface area (Å²) in [6.45, 7) is 1.07. The summed E-state index contributed by atoms with van der Waals surface area (Å²) in [4.78, 5) is 50.8. The van der Waals surface area contributed by atoms with Crippen LogP contribution in [0.15, 0.2) is 30.3 Å². The molecule has 31 heavy (non-hydrogen) atoms. The molecule has 2 amide bonds. The topological polar surface area (TPSA) is 104 Å². The Bertz CT molecular complexity index is 811. The second-order valence-corrected chi connectivity index (χ2v) is 9.85. The van der Waals surface area contributed by atoms with Gasteiger partial charge in [0.2, 0.25) is 11.8 Å². The van der Waals surface area contributed by atoms with E-state index in [1.807, 2.05) is 30.3 Å². The van der Waals surface area contributed by atoms with Gasteiger partial charge in [0, 0.05) is 13.0 Å². The van der Waals surface area contributed by atoms with Crippen molar-refractivity contribution in [2.24, 2.45) is 5.92 Å². The van der Waals surface area contributed by atoms with Crippen molar-refractivity contribution in [1.29, 1.82) is 0 Å². The van der Waals surface area contributed by atoms with Crippen LogP contribution >= 0.6 is 11.8 Å². The third-order valence-electron chi connectivity index (χ3n) is 5.84. The minimum absolute atomic E-state index is 0.0929. The highest BCUT2D eigenvalue weighted by molar-refractivity contribution is 8.14. The SMILES string of the molecule is CC(=O)SC(Cc1ccccc1)C(=O)NC1CCCC(CC2CC2)N(CC(=O)O)C1=O. The molecular weight excluding hydrogens is 416 g/mol. The number of benzene rings is 1. The van der Waals surface area contributed by atoms with E-state index in [1.165, 1.54) is 11.8 Å². The summed E-state index contributed by atoms with van der Waals surface area (Å²) >= 11 is 0.956. The van der Waals surface area contributed by atoms with Crippen LogP contribution in [-0.4, -0.2) is 56.8 Å². The fourth-order valence-electron chi connectivity index (χ4n) is 4.17. The lowest BCUT2D eigenvalue weighted by Crippen LogP contribution is -2.53. The maximum atomic E-state index is 13.2. The van der Waals surface area contributed by atoms with Gasteiger partial charge in [0.25, 0.3) is 0 Å². The lowest BCUT2D eigenvalue weighted by molar-refractivity contribution is -0.147. The predicted octanol–water partition coefficient (Wildman–Crippen LogP) is 2.63. The molecule has 2 aliphatic rings. The van der Waals surface area contributed by atoms with Crippen molar-refractivity contribution in [2.75, 3.05) is 6.54 Å². The molecular formula is C23H30N2O5S. The number of carboxylic acid groups (broad SMARTS) is 1. The van der Waals surface area contributed by atoms with Gasteiger partial charge in [-0.25, -0.2) is 0 Å². The van der Waals surface area contributed by atoms with Gasteiger partial charge in [-0.2, -0.15) is 0 Å². The van der Waals surface area contributed by atoms with E-state index in [1.54, 1.807) is 0 Å². The summed E-state index contributed by atoms with van der Waals surface area (Å²) in [5, 5.41) is 11.4. The number of hydrogen-bond donors (Lipinski definition) is 2. The molecule has 3 rings (SSSR count). The van der Waals surface area contributed by atoms with Crippen molar-refractivity contribution in [3.05, 3.63) is 35.9 Å². The minimum Gasteiger partial charge on any atom is -0.480 e. The summed E-state index contributed by atoms with van der Waals surface area (Å²) < 4.78 is 0. The average Bonchev–Trinajstić information content (AvgIpc) is 3.54. The first-order chi connectivity index (χ1) is 14.8. The number of carbonyl (C=O) groups is 4. The number of likely N-dealkylation sites (tertiary alicyclic amines) is 1. The predicted molar refractivity (Wildman–Crippen MR) is 118 cm³/mol. The van der Waals surface area contributed by atoms with Gasteiger partial charge in [0.15, 0.2) is 5.12 Å². The number of nitrogens with one attached hydrogen (secondary N) is 1. The zero-order valence-corrected chi connectivity index (χ0v) is 18.6. The third kappa shape index (κ3) is 7.09. The summed E-state index contributed by atoms with van der Waals surface area (Å²) in [5.41, 5.74) is 0.931. The lowest BCUT2D eigenvalue weighted by atomic mass is 10.0. The number of carbonyl (C=O) groups excluding carboxylic acids is 3. The van der Waals surface area contributed by atoms with Gasteiger partial charge in [-0.05, 0) is 43.6 Å².